The van der Waals surface area contributed by atoms with Gasteiger partial charge in [-0.05, 0) is 18.8 Å². The highest BCUT2D eigenvalue weighted by molar-refractivity contribution is 4.87. The minimum absolute atomic E-state index is 0.644. The van der Waals surface area contributed by atoms with Gasteiger partial charge in [-0.1, -0.05) is 33.1 Å². The van der Waals surface area contributed by atoms with Crippen molar-refractivity contribution in [3.63, 3.8) is 0 Å². The number of rotatable bonds is 9. The van der Waals surface area contributed by atoms with Gasteiger partial charge < -0.3 is 10.1 Å². The highest BCUT2D eigenvalue weighted by Crippen LogP contribution is 2.24. The Balaban J connectivity index is 1.59. The summed E-state index contributed by atoms with van der Waals surface area (Å²) < 4.78 is 5.18. The maximum Gasteiger partial charge on any atom is 0.0643 e. The first-order valence-corrected chi connectivity index (χ1v) is 7.88. The molecule has 0 aromatic heterocycles. The first-order valence-electron chi connectivity index (χ1n) is 7.88. The maximum atomic E-state index is 5.18. The highest BCUT2D eigenvalue weighted by atomic mass is 16.5. The van der Waals surface area contributed by atoms with Gasteiger partial charge in [0, 0.05) is 25.7 Å². The number of ether oxygens (including phenoxy) is 1. The second-order valence-electron chi connectivity index (χ2n) is 6.05. The van der Waals surface area contributed by atoms with Gasteiger partial charge in [-0.25, -0.2) is 0 Å². The van der Waals surface area contributed by atoms with Crippen LogP contribution in [0.3, 0.4) is 0 Å². The van der Waals surface area contributed by atoms with Crippen LogP contribution < -0.4 is 5.32 Å². The first-order chi connectivity index (χ1) is 8.83. The molecule has 106 valence electrons. The molecule has 2 aliphatic rings. The quantitative estimate of drug-likeness (QED) is 0.683. The molecule has 0 saturated carbocycles. The van der Waals surface area contributed by atoms with E-state index in [0.717, 1.165) is 25.2 Å². The van der Waals surface area contributed by atoms with Crippen molar-refractivity contribution >= 4 is 0 Å². The molecule has 1 unspecified atom stereocenters. The lowest BCUT2D eigenvalue weighted by molar-refractivity contribution is -0.0155. The molecule has 2 aliphatic heterocycles. The van der Waals surface area contributed by atoms with Gasteiger partial charge in [-0.2, -0.15) is 0 Å². The lowest BCUT2D eigenvalue weighted by atomic mass is 9.93. The van der Waals surface area contributed by atoms with Crippen LogP contribution in [-0.2, 0) is 4.74 Å². The molecular weight excluding hydrogens is 224 g/mol. The van der Waals surface area contributed by atoms with Gasteiger partial charge in [0.2, 0.25) is 0 Å². The number of unbranched alkanes of at least 4 members (excludes halogenated alkanes) is 1. The summed E-state index contributed by atoms with van der Waals surface area (Å²) in [6, 6.07) is 1.50. The topological polar surface area (TPSA) is 24.5 Å². The van der Waals surface area contributed by atoms with Crippen LogP contribution in [0.25, 0.3) is 0 Å². The average molecular weight is 254 g/mol. The molecule has 2 fully saturated rings. The van der Waals surface area contributed by atoms with Crippen molar-refractivity contribution in [1.29, 1.82) is 0 Å². The molecule has 2 saturated heterocycles. The van der Waals surface area contributed by atoms with Crippen LogP contribution >= 0.6 is 0 Å². The molecule has 3 heteroatoms. The van der Waals surface area contributed by atoms with Gasteiger partial charge in [-0.15, -0.1) is 0 Å². The van der Waals surface area contributed by atoms with Gasteiger partial charge in [0.15, 0.2) is 0 Å². The van der Waals surface area contributed by atoms with Crippen molar-refractivity contribution in [2.45, 2.75) is 58.0 Å². The second-order valence-corrected chi connectivity index (χ2v) is 6.05. The maximum absolute atomic E-state index is 5.18. The summed E-state index contributed by atoms with van der Waals surface area (Å²) >= 11 is 0. The molecule has 2 heterocycles. The zero-order valence-electron chi connectivity index (χ0n) is 12.2. The molecular formula is C15H30N2O. The normalized spacial score (nSPS) is 23.7. The molecule has 1 N–H and O–H groups in total. The lowest BCUT2D eigenvalue weighted by Gasteiger charge is -2.45. The summed E-state index contributed by atoms with van der Waals surface area (Å²) in [6.07, 6.45) is 6.84. The molecule has 1 atom stereocenters. The zero-order valence-corrected chi connectivity index (χ0v) is 12.2. The number of nitrogens with one attached hydrogen (secondary N) is 1. The monoisotopic (exact) mass is 254 g/mol. The molecule has 0 aromatic rings. The summed E-state index contributed by atoms with van der Waals surface area (Å²) in [6.45, 7) is 10.3. The summed E-state index contributed by atoms with van der Waals surface area (Å²) in [7, 11) is 0. The zero-order chi connectivity index (χ0) is 12.8. The van der Waals surface area contributed by atoms with Crippen molar-refractivity contribution in [2.24, 2.45) is 5.92 Å². The number of likely N-dealkylation sites (tertiary alicyclic amines) is 1. The molecule has 0 radical (unpaired) electrons. The number of nitrogens with zero attached hydrogens (tertiary/aromatic N) is 1. The Morgan fingerprint density at radius 3 is 2.50 bits per heavy atom. The van der Waals surface area contributed by atoms with E-state index in [0.29, 0.717) is 6.04 Å². The molecule has 0 spiro atoms. The van der Waals surface area contributed by atoms with E-state index in [2.05, 4.69) is 24.1 Å². The van der Waals surface area contributed by atoms with Crippen molar-refractivity contribution in [3.8, 4) is 0 Å². The fraction of sp³-hybridized carbons (Fsp3) is 1.00. The molecule has 3 nitrogen and oxygen atoms in total. The Hall–Kier alpha value is -0.120. The SMILES string of the molecule is CCCCC(CCC)N1CC(CNC2COC2)C1. The van der Waals surface area contributed by atoms with E-state index in [1.807, 2.05) is 0 Å². The van der Waals surface area contributed by atoms with Gasteiger partial charge in [0.05, 0.1) is 19.3 Å². The Bertz CT molecular complexity index is 225. The molecule has 2 rings (SSSR count). The minimum atomic E-state index is 0.644. The van der Waals surface area contributed by atoms with Crippen LogP contribution in [-0.4, -0.2) is 49.8 Å². The average Bonchev–Trinajstić information content (AvgIpc) is 2.25. The Labute approximate surface area is 112 Å². The predicted octanol–water partition coefficient (Wildman–Crippen LogP) is 2.27. The molecule has 0 aromatic carbocycles. The van der Waals surface area contributed by atoms with Crippen LogP contribution in [0.1, 0.15) is 46.0 Å². The van der Waals surface area contributed by atoms with Crippen LogP contribution in [0.2, 0.25) is 0 Å². The smallest absolute Gasteiger partial charge is 0.0643 e. The summed E-state index contributed by atoms with van der Waals surface area (Å²) in [5.41, 5.74) is 0. The van der Waals surface area contributed by atoms with E-state index in [9.17, 15) is 0 Å². The third-order valence-electron chi connectivity index (χ3n) is 4.35. The van der Waals surface area contributed by atoms with Gasteiger partial charge >= 0.3 is 0 Å². The lowest BCUT2D eigenvalue weighted by Crippen LogP contribution is -2.57. The third-order valence-corrected chi connectivity index (χ3v) is 4.35. The second kappa shape index (κ2) is 7.46. The summed E-state index contributed by atoms with van der Waals surface area (Å²) in [4.78, 5) is 2.71. The van der Waals surface area contributed by atoms with Crippen LogP contribution in [0.4, 0.5) is 0 Å². The van der Waals surface area contributed by atoms with Gasteiger partial charge in [-0.3, -0.25) is 4.90 Å². The van der Waals surface area contributed by atoms with E-state index >= 15 is 0 Å². The number of hydrogen-bond acceptors (Lipinski definition) is 3. The first kappa shape index (κ1) is 14.3. The largest absolute Gasteiger partial charge is 0.378 e. The Morgan fingerprint density at radius 1 is 1.17 bits per heavy atom. The predicted molar refractivity (Wildman–Crippen MR) is 75.9 cm³/mol. The van der Waals surface area contributed by atoms with Gasteiger partial charge in [0.1, 0.15) is 0 Å². The van der Waals surface area contributed by atoms with Crippen molar-refractivity contribution in [2.75, 3.05) is 32.8 Å². The summed E-state index contributed by atoms with van der Waals surface area (Å²) in [5.74, 6) is 0.881. The fourth-order valence-corrected chi connectivity index (χ4v) is 3.01. The molecule has 0 bridgehead atoms. The van der Waals surface area contributed by atoms with E-state index in [4.69, 9.17) is 4.74 Å². The van der Waals surface area contributed by atoms with E-state index in [1.54, 1.807) is 0 Å². The van der Waals surface area contributed by atoms with Crippen LogP contribution in [0, 0.1) is 5.92 Å². The summed E-state index contributed by atoms with van der Waals surface area (Å²) in [5, 5.41) is 3.60. The number of hydrogen-bond donors (Lipinski definition) is 1. The van der Waals surface area contributed by atoms with Crippen LogP contribution in [0.15, 0.2) is 0 Å². The molecule has 18 heavy (non-hydrogen) atoms. The standard InChI is InChI=1S/C15H30N2O/c1-3-5-7-15(6-4-2)17-9-13(10-17)8-16-14-11-18-12-14/h13-16H,3-12H2,1-2H3. The minimum Gasteiger partial charge on any atom is -0.378 e. The fourth-order valence-electron chi connectivity index (χ4n) is 3.01. The van der Waals surface area contributed by atoms with E-state index in [-0.39, 0.29) is 0 Å². The third kappa shape index (κ3) is 3.94. The Morgan fingerprint density at radius 2 is 1.94 bits per heavy atom. The van der Waals surface area contributed by atoms with E-state index in [1.165, 1.54) is 51.7 Å². The van der Waals surface area contributed by atoms with Crippen molar-refractivity contribution < 1.29 is 4.74 Å². The Kier molecular flexibility index (Phi) is 5.93. The van der Waals surface area contributed by atoms with Crippen molar-refractivity contribution in [3.05, 3.63) is 0 Å². The van der Waals surface area contributed by atoms with E-state index < -0.39 is 0 Å². The molecule has 0 amide bonds. The van der Waals surface area contributed by atoms with Crippen LogP contribution in [0.5, 0.6) is 0 Å². The molecule has 0 aliphatic carbocycles. The van der Waals surface area contributed by atoms with Gasteiger partial charge in [0.25, 0.3) is 0 Å². The van der Waals surface area contributed by atoms with Crippen molar-refractivity contribution in [1.82, 2.24) is 10.2 Å². The highest BCUT2D eigenvalue weighted by Gasteiger charge is 2.32.